The highest BCUT2D eigenvalue weighted by atomic mass is 32.1. The second kappa shape index (κ2) is 3.04. The lowest BCUT2D eigenvalue weighted by molar-refractivity contribution is 0.509. The fourth-order valence-corrected chi connectivity index (χ4v) is 1.48. The molecule has 0 aliphatic carbocycles. The van der Waals surface area contributed by atoms with Gasteiger partial charge in [0.25, 0.3) is 5.89 Å². The molecule has 62 valence electrons. The first-order chi connectivity index (χ1) is 5.90. The van der Waals surface area contributed by atoms with Crippen LogP contribution in [0.1, 0.15) is 5.89 Å². The average molecular weight is 181 g/mol. The van der Waals surface area contributed by atoms with E-state index < -0.39 is 0 Å². The zero-order chi connectivity index (χ0) is 8.39. The van der Waals surface area contributed by atoms with Gasteiger partial charge in [-0.3, -0.25) is 0 Å². The van der Waals surface area contributed by atoms with Crippen LogP contribution in [-0.2, 0) is 6.54 Å². The second-order valence-corrected chi connectivity index (χ2v) is 3.13. The molecule has 0 fully saturated rings. The molecular weight excluding hydrogens is 174 g/mol. The Morgan fingerprint density at radius 3 is 3.00 bits per heavy atom. The van der Waals surface area contributed by atoms with Gasteiger partial charge in [-0.25, -0.2) is 0 Å². The number of thiophene rings is 1. The molecule has 0 amide bonds. The van der Waals surface area contributed by atoms with Crippen molar-refractivity contribution < 1.29 is 4.42 Å². The maximum absolute atomic E-state index is 5.32. The summed E-state index contributed by atoms with van der Waals surface area (Å²) in [5.41, 5.74) is 5.32. The first kappa shape index (κ1) is 7.45. The molecule has 0 aromatic carbocycles. The van der Waals surface area contributed by atoms with E-state index in [0.29, 0.717) is 18.3 Å². The number of hydrogen-bond acceptors (Lipinski definition) is 5. The summed E-state index contributed by atoms with van der Waals surface area (Å²) in [5, 5.41) is 9.56. The van der Waals surface area contributed by atoms with E-state index in [9.17, 15) is 0 Å². The molecule has 2 aromatic rings. The van der Waals surface area contributed by atoms with Crippen molar-refractivity contribution in [3.63, 3.8) is 0 Å². The highest BCUT2D eigenvalue weighted by molar-refractivity contribution is 7.13. The third kappa shape index (κ3) is 1.24. The summed E-state index contributed by atoms with van der Waals surface area (Å²) in [4.78, 5) is 0.974. The third-order valence-electron chi connectivity index (χ3n) is 1.37. The van der Waals surface area contributed by atoms with Crippen LogP contribution in [0.5, 0.6) is 0 Å². The standard InChI is InChI=1S/C7H7N3OS/c8-4-6-9-10-7(11-6)5-2-1-3-12-5/h1-3H,4,8H2. The monoisotopic (exact) mass is 181 g/mol. The molecule has 0 radical (unpaired) electrons. The lowest BCUT2D eigenvalue weighted by Crippen LogP contribution is -1.95. The van der Waals surface area contributed by atoms with Crippen LogP contribution >= 0.6 is 11.3 Å². The summed E-state index contributed by atoms with van der Waals surface area (Å²) in [7, 11) is 0. The van der Waals surface area contributed by atoms with Crippen molar-refractivity contribution in [3.05, 3.63) is 23.4 Å². The maximum Gasteiger partial charge on any atom is 0.257 e. The molecule has 0 aliphatic rings. The molecule has 12 heavy (non-hydrogen) atoms. The van der Waals surface area contributed by atoms with Crippen LogP contribution in [0.15, 0.2) is 21.9 Å². The SMILES string of the molecule is NCc1nnc(-c2cccs2)o1. The Hall–Kier alpha value is -1.20. The second-order valence-electron chi connectivity index (χ2n) is 2.18. The predicted molar refractivity (Wildman–Crippen MR) is 45.5 cm³/mol. The molecule has 0 unspecified atom stereocenters. The van der Waals surface area contributed by atoms with Crippen LogP contribution in [-0.4, -0.2) is 10.2 Å². The summed E-state index contributed by atoms with van der Waals surface area (Å²) in [5.74, 6) is 1.02. The molecule has 2 aromatic heterocycles. The minimum atomic E-state index is 0.290. The van der Waals surface area contributed by atoms with Crippen molar-refractivity contribution in [3.8, 4) is 10.8 Å². The summed E-state index contributed by atoms with van der Waals surface area (Å²) in [6.45, 7) is 0.290. The van der Waals surface area contributed by atoms with Gasteiger partial charge in [0.15, 0.2) is 0 Å². The van der Waals surface area contributed by atoms with Crippen LogP contribution in [0, 0.1) is 0 Å². The zero-order valence-corrected chi connectivity index (χ0v) is 7.04. The van der Waals surface area contributed by atoms with E-state index in [1.807, 2.05) is 17.5 Å². The average Bonchev–Trinajstić information content (AvgIpc) is 2.75. The molecule has 0 spiro atoms. The van der Waals surface area contributed by atoms with E-state index in [1.54, 1.807) is 11.3 Å². The Bertz CT molecular complexity index is 354. The minimum Gasteiger partial charge on any atom is -0.419 e. The normalized spacial score (nSPS) is 10.4. The first-order valence-corrected chi connectivity index (χ1v) is 4.34. The van der Waals surface area contributed by atoms with Crippen molar-refractivity contribution >= 4 is 11.3 Å². The van der Waals surface area contributed by atoms with E-state index in [0.717, 1.165) is 4.88 Å². The zero-order valence-electron chi connectivity index (χ0n) is 6.23. The van der Waals surface area contributed by atoms with Crippen LogP contribution in [0.2, 0.25) is 0 Å². The van der Waals surface area contributed by atoms with Gasteiger partial charge in [0, 0.05) is 0 Å². The Morgan fingerprint density at radius 1 is 1.50 bits per heavy atom. The van der Waals surface area contributed by atoms with Gasteiger partial charge >= 0.3 is 0 Å². The lowest BCUT2D eigenvalue weighted by Gasteiger charge is -1.84. The number of aromatic nitrogens is 2. The van der Waals surface area contributed by atoms with Gasteiger partial charge < -0.3 is 10.2 Å². The Balaban J connectivity index is 2.35. The highest BCUT2D eigenvalue weighted by Gasteiger charge is 2.06. The highest BCUT2D eigenvalue weighted by Crippen LogP contribution is 2.22. The number of rotatable bonds is 2. The molecule has 0 saturated carbocycles. The maximum atomic E-state index is 5.32. The lowest BCUT2D eigenvalue weighted by atomic mass is 10.5. The molecule has 2 heterocycles. The number of nitrogens with two attached hydrogens (primary N) is 1. The third-order valence-corrected chi connectivity index (χ3v) is 2.23. The number of nitrogens with zero attached hydrogens (tertiary/aromatic N) is 2. The van der Waals surface area contributed by atoms with Gasteiger partial charge in [-0.1, -0.05) is 6.07 Å². The van der Waals surface area contributed by atoms with Gasteiger partial charge in [0.1, 0.15) is 0 Å². The minimum absolute atomic E-state index is 0.290. The topological polar surface area (TPSA) is 64.9 Å². The van der Waals surface area contributed by atoms with E-state index in [4.69, 9.17) is 10.2 Å². The van der Waals surface area contributed by atoms with Crippen LogP contribution in [0.3, 0.4) is 0 Å². The van der Waals surface area contributed by atoms with Crippen LogP contribution in [0.25, 0.3) is 10.8 Å². The van der Waals surface area contributed by atoms with Crippen molar-refractivity contribution in [2.75, 3.05) is 0 Å². The van der Waals surface area contributed by atoms with E-state index in [2.05, 4.69) is 10.2 Å². The van der Waals surface area contributed by atoms with Gasteiger partial charge in [-0.15, -0.1) is 21.5 Å². The van der Waals surface area contributed by atoms with E-state index in [1.165, 1.54) is 0 Å². The van der Waals surface area contributed by atoms with Crippen molar-refractivity contribution in [1.82, 2.24) is 10.2 Å². The fourth-order valence-electron chi connectivity index (χ4n) is 0.836. The molecule has 4 nitrogen and oxygen atoms in total. The molecule has 0 aliphatic heterocycles. The first-order valence-electron chi connectivity index (χ1n) is 3.46. The predicted octanol–water partition coefficient (Wildman–Crippen LogP) is 1.26. The Kier molecular flexibility index (Phi) is 1.89. The van der Waals surface area contributed by atoms with Gasteiger partial charge in [0.05, 0.1) is 11.4 Å². The summed E-state index contributed by atoms with van der Waals surface area (Å²) in [6.07, 6.45) is 0. The van der Waals surface area contributed by atoms with Gasteiger partial charge in [-0.2, -0.15) is 0 Å². The fraction of sp³-hybridized carbons (Fsp3) is 0.143. The largest absolute Gasteiger partial charge is 0.419 e. The smallest absolute Gasteiger partial charge is 0.257 e. The van der Waals surface area contributed by atoms with Gasteiger partial charge in [0.2, 0.25) is 5.89 Å². The summed E-state index contributed by atoms with van der Waals surface area (Å²) >= 11 is 1.56. The molecule has 2 N–H and O–H groups in total. The van der Waals surface area contributed by atoms with E-state index in [-0.39, 0.29) is 0 Å². The molecule has 5 heteroatoms. The quantitative estimate of drug-likeness (QED) is 0.757. The summed E-state index contributed by atoms with van der Waals surface area (Å²) < 4.78 is 5.24. The van der Waals surface area contributed by atoms with E-state index >= 15 is 0 Å². The Labute approximate surface area is 73.0 Å². The summed E-state index contributed by atoms with van der Waals surface area (Å²) in [6, 6.07) is 3.87. The Morgan fingerprint density at radius 2 is 2.42 bits per heavy atom. The van der Waals surface area contributed by atoms with Crippen molar-refractivity contribution in [2.45, 2.75) is 6.54 Å². The van der Waals surface area contributed by atoms with Crippen molar-refractivity contribution in [2.24, 2.45) is 5.73 Å². The number of hydrogen-bond donors (Lipinski definition) is 1. The van der Waals surface area contributed by atoms with Crippen LogP contribution < -0.4 is 5.73 Å². The molecular formula is C7H7N3OS. The van der Waals surface area contributed by atoms with Crippen LogP contribution in [0.4, 0.5) is 0 Å². The van der Waals surface area contributed by atoms with Crippen molar-refractivity contribution in [1.29, 1.82) is 0 Å². The molecule has 0 bridgehead atoms. The molecule has 2 rings (SSSR count). The molecule has 0 atom stereocenters. The molecule has 0 saturated heterocycles. The van der Waals surface area contributed by atoms with Gasteiger partial charge in [-0.05, 0) is 11.4 Å².